The first-order valence-electron chi connectivity index (χ1n) is 4.49. The Morgan fingerprint density at radius 3 is 2.67 bits per heavy atom. The van der Waals surface area contributed by atoms with Crippen molar-refractivity contribution >= 4 is 28.8 Å². The molecule has 0 radical (unpaired) electrons. The van der Waals surface area contributed by atoms with E-state index in [1.54, 1.807) is 18.2 Å². The van der Waals surface area contributed by atoms with Gasteiger partial charge in [-0.2, -0.15) is 0 Å². The molecule has 0 heterocycles. The van der Waals surface area contributed by atoms with E-state index in [0.717, 1.165) is 5.69 Å². The first-order chi connectivity index (χ1) is 7.24. The van der Waals surface area contributed by atoms with Crippen LogP contribution in [0.5, 0.6) is 0 Å². The van der Waals surface area contributed by atoms with Gasteiger partial charge in [0.25, 0.3) is 5.91 Å². The zero-order chi connectivity index (χ0) is 11.1. The lowest BCUT2D eigenvalue weighted by Gasteiger charge is -2.06. The lowest BCUT2D eigenvalue weighted by Crippen LogP contribution is -2.33. The highest BCUT2D eigenvalue weighted by Gasteiger charge is 2.07. The SMILES string of the molecule is C=CCNC(=S)C(=O)Nc1ccccc1. The van der Waals surface area contributed by atoms with Crippen molar-refractivity contribution in [2.24, 2.45) is 0 Å². The van der Waals surface area contributed by atoms with Crippen molar-refractivity contribution < 1.29 is 4.79 Å². The Morgan fingerprint density at radius 1 is 1.40 bits per heavy atom. The van der Waals surface area contributed by atoms with Crippen LogP contribution in [0.2, 0.25) is 0 Å². The molecule has 0 aliphatic carbocycles. The van der Waals surface area contributed by atoms with E-state index in [0.29, 0.717) is 6.54 Å². The number of nitrogens with one attached hydrogen (secondary N) is 2. The summed E-state index contributed by atoms with van der Waals surface area (Å²) in [5.74, 6) is -0.307. The molecule has 0 aliphatic heterocycles. The summed E-state index contributed by atoms with van der Waals surface area (Å²) in [6.45, 7) is 4.01. The summed E-state index contributed by atoms with van der Waals surface area (Å²) in [6.07, 6.45) is 1.64. The van der Waals surface area contributed by atoms with Crippen LogP contribution in [0.4, 0.5) is 5.69 Å². The Bertz CT molecular complexity index is 362. The van der Waals surface area contributed by atoms with Gasteiger partial charge in [-0.1, -0.05) is 36.5 Å². The molecule has 3 nitrogen and oxygen atoms in total. The predicted molar refractivity (Wildman–Crippen MR) is 65.9 cm³/mol. The summed E-state index contributed by atoms with van der Waals surface area (Å²) >= 11 is 4.87. The third-order valence-electron chi connectivity index (χ3n) is 1.64. The number of carbonyl (C=O) groups is 1. The molecule has 0 saturated carbocycles. The third-order valence-corrected chi connectivity index (χ3v) is 1.97. The normalized spacial score (nSPS) is 9.07. The predicted octanol–water partition coefficient (Wildman–Crippen LogP) is 1.73. The summed E-state index contributed by atoms with van der Waals surface area (Å²) in [5, 5.41) is 5.43. The Kier molecular flexibility index (Phi) is 4.50. The Hall–Kier alpha value is -1.68. The largest absolute Gasteiger partial charge is 0.368 e. The fourth-order valence-corrected chi connectivity index (χ4v) is 1.09. The van der Waals surface area contributed by atoms with Gasteiger partial charge in [0.2, 0.25) is 0 Å². The first kappa shape index (κ1) is 11.4. The van der Waals surface area contributed by atoms with Gasteiger partial charge in [0.15, 0.2) is 4.99 Å². The van der Waals surface area contributed by atoms with Gasteiger partial charge in [-0.3, -0.25) is 4.79 Å². The van der Waals surface area contributed by atoms with Crippen molar-refractivity contribution in [3.63, 3.8) is 0 Å². The van der Waals surface area contributed by atoms with Gasteiger partial charge >= 0.3 is 0 Å². The minimum Gasteiger partial charge on any atom is -0.368 e. The van der Waals surface area contributed by atoms with E-state index < -0.39 is 0 Å². The second kappa shape index (κ2) is 5.93. The molecule has 78 valence electrons. The number of para-hydroxylation sites is 1. The van der Waals surface area contributed by atoms with Crippen LogP contribution in [0.25, 0.3) is 0 Å². The topological polar surface area (TPSA) is 41.1 Å². The summed E-state index contributed by atoms with van der Waals surface area (Å²) < 4.78 is 0. The fraction of sp³-hybridized carbons (Fsp3) is 0.0909. The zero-order valence-electron chi connectivity index (χ0n) is 8.19. The number of rotatable bonds is 3. The standard InChI is InChI=1S/C11H12N2OS/c1-2-8-12-11(15)10(14)13-9-6-4-3-5-7-9/h2-7H,1,8H2,(H,12,15)(H,13,14). The van der Waals surface area contributed by atoms with Crippen LogP contribution in [0.15, 0.2) is 43.0 Å². The van der Waals surface area contributed by atoms with Crippen LogP contribution in [-0.4, -0.2) is 17.4 Å². The number of amides is 1. The average molecular weight is 220 g/mol. The van der Waals surface area contributed by atoms with Crippen LogP contribution in [0.1, 0.15) is 0 Å². The van der Waals surface area contributed by atoms with Gasteiger partial charge in [0.05, 0.1) is 0 Å². The van der Waals surface area contributed by atoms with E-state index >= 15 is 0 Å². The molecule has 1 amide bonds. The smallest absolute Gasteiger partial charge is 0.283 e. The van der Waals surface area contributed by atoms with Gasteiger partial charge in [-0.05, 0) is 12.1 Å². The number of thiocarbonyl (C=S) groups is 1. The number of benzene rings is 1. The maximum atomic E-state index is 11.5. The summed E-state index contributed by atoms with van der Waals surface area (Å²) in [5.41, 5.74) is 0.727. The summed E-state index contributed by atoms with van der Waals surface area (Å²) in [7, 11) is 0. The second-order valence-electron chi connectivity index (χ2n) is 2.82. The van der Waals surface area contributed by atoms with E-state index in [1.807, 2.05) is 18.2 Å². The maximum absolute atomic E-state index is 11.5. The summed E-state index contributed by atoms with van der Waals surface area (Å²) in [6, 6.07) is 9.16. The van der Waals surface area contributed by atoms with Crippen LogP contribution >= 0.6 is 12.2 Å². The first-order valence-corrected chi connectivity index (χ1v) is 4.90. The molecule has 0 atom stereocenters. The number of anilines is 1. The molecular weight excluding hydrogens is 208 g/mol. The highest BCUT2D eigenvalue weighted by molar-refractivity contribution is 7.82. The molecule has 0 saturated heterocycles. The van der Waals surface area contributed by atoms with Crippen molar-refractivity contribution in [1.82, 2.24) is 5.32 Å². The van der Waals surface area contributed by atoms with Crippen molar-refractivity contribution in [2.45, 2.75) is 0 Å². The molecule has 2 N–H and O–H groups in total. The zero-order valence-corrected chi connectivity index (χ0v) is 9.01. The number of carbonyl (C=O) groups excluding carboxylic acids is 1. The highest BCUT2D eigenvalue weighted by Crippen LogP contribution is 2.04. The molecule has 0 fully saturated rings. The monoisotopic (exact) mass is 220 g/mol. The molecule has 0 bridgehead atoms. The van der Waals surface area contributed by atoms with Crippen LogP contribution in [0.3, 0.4) is 0 Å². The minimum absolute atomic E-state index is 0.166. The van der Waals surface area contributed by atoms with Crippen LogP contribution in [0, 0.1) is 0 Å². The van der Waals surface area contributed by atoms with E-state index in [2.05, 4.69) is 17.2 Å². The third kappa shape index (κ3) is 3.91. The molecule has 15 heavy (non-hydrogen) atoms. The Labute approximate surface area is 94.2 Å². The molecule has 1 aromatic carbocycles. The lowest BCUT2D eigenvalue weighted by atomic mass is 10.3. The van der Waals surface area contributed by atoms with E-state index in [4.69, 9.17) is 12.2 Å². The molecule has 0 unspecified atom stereocenters. The van der Waals surface area contributed by atoms with Crippen molar-refractivity contribution in [2.75, 3.05) is 11.9 Å². The molecule has 0 aromatic heterocycles. The Balaban J connectivity index is 2.49. The number of hydrogen-bond donors (Lipinski definition) is 2. The molecule has 4 heteroatoms. The van der Waals surface area contributed by atoms with E-state index in [1.165, 1.54) is 0 Å². The van der Waals surface area contributed by atoms with Gasteiger partial charge in [-0.15, -0.1) is 6.58 Å². The molecule has 1 aromatic rings. The lowest BCUT2D eigenvalue weighted by molar-refractivity contribution is -0.110. The quantitative estimate of drug-likeness (QED) is 0.602. The van der Waals surface area contributed by atoms with Crippen molar-refractivity contribution in [1.29, 1.82) is 0 Å². The van der Waals surface area contributed by atoms with Crippen LogP contribution in [-0.2, 0) is 4.79 Å². The molecule has 0 aliphatic rings. The van der Waals surface area contributed by atoms with Crippen molar-refractivity contribution in [3.05, 3.63) is 43.0 Å². The van der Waals surface area contributed by atoms with Gasteiger partial charge in [-0.25, -0.2) is 0 Å². The van der Waals surface area contributed by atoms with E-state index in [9.17, 15) is 4.79 Å². The average Bonchev–Trinajstić information content (AvgIpc) is 2.27. The molecule has 1 rings (SSSR count). The van der Waals surface area contributed by atoms with Gasteiger partial charge in [0.1, 0.15) is 0 Å². The molecule has 0 spiro atoms. The minimum atomic E-state index is -0.307. The van der Waals surface area contributed by atoms with Crippen molar-refractivity contribution in [3.8, 4) is 0 Å². The maximum Gasteiger partial charge on any atom is 0.283 e. The van der Waals surface area contributed by atoms with Crippen LogP contribution < -0.4 is 10.6 Å². The molecular formula is C11H12N2OS. The Morgan fingerprint density at radius 2 is 2.07 bits per heavy atom. The summed E-state index contributed by atoms with van der Waals surface area (Å²) in [4.78, 5) is 11.6. The van der Waals surface area contributed by atoms with Gasteiger partial charge < -0.3 is 10.6 Å². The van der Waals surface area contributed by atoms with E-state index in [-0.39, 0.29) is 10.9 Å². The second-order valence-corrected chi connectivity index (χ2v) is 3.23. The highest BCUT2D eigenvalue weighted by atomic mass is 32.1. The number of hydrogen-bond acceptors (Lipinski definition) is 2. The van der Waals surface area contributed by atoms with Gasteiger partial charge in [0, 0.05) is 12.2 Å². The fourth-order valence-electron chi connectivity index (χ4n) is 0.954.